The maximum Gasteiger partial charge on any atom is 0.244 e. The Labute approximate surface area is 109 Å². The first-order valence-electron chi connectivity index (χ1n) is 6.01. The summed E-state index contributed by atoms with van der Waals surface area (Å²) in [6.07, 6.45) is 1.56. The molecular formula is C12H21N3O2S. The van der Waals surface area contributed by atoms with E-state index in [1.807, 2.05) is 6.92 Å². The van der Waals surface area contributed by atoms with Crippen LogP contribution < -0.4 is 10.0 Å². The summed E-state index contributed by atoms with van der Waals surface area (Å²) >= 11 is 0. The SMILES string of the molecule is CNc1ncccc1S(=O)(=O)NCC(C)C(C)C. The van der Waals surface area contributed by atoms with Crippen LogP contribution in [0.5, 0.6) is 0 Å². The summed E-state index contributed by atoms with van der Waals surface area (Å²) in [4.78, 5) is 4.18. The van der Waals surface area contributed by atoms with Gasteiger partial charge in [-0.15, -0.1) is 0 Å². The Morgan fingerprint density at radius 1 is 1.33 bits per heavy atom. The van der Waals surface area contributed by atoms with E-state index in [9.17, 15) is 8.42 Å². The van der Waals surface area contributed by atoms with Gasteiger partial charge in [-0.25, -0.2) is 18.1 Å². The molecule has 2 N–H and O–H groups in total. The number of sulfonamides is 1. The fourth-order valence-electron chi connectivity index (χ4n) is 1.35. The number of hydrogen-bond donors (Lipinski definition) is 2. The molecule has 0 aliphatic heterocycles. The zero-order valence-corrected chi connectivity index (χ0v) is 12.1. The highest BCUT2D eigenvalue weighted by atomic mass is 32.2. The number of rotatable bonds is 6. The normalized spacial score (nSPS) is 13.6. The average Bonchev–Trinajstić information content (AvgIpc) is 2.35. The van der Waals surface area contributed by atoms with E-state index >= 15 is 0 Å². The van der Waals surface area contributed by atoms with Gasteiger partial charge in [0.2, 0.25) is 10.0 Å². The second kappa shape index (κ2) is 6.15. The van der Waals surface area contributed by atoms with Gasteiger partial charge in [0.15, 0.2) is 0 Å². The number of aromatic nitrogens is 1. The highest BCUT2D eigenvalue weighted by Crippen LogP contribution is 2.17. The molecule has 0 aromatic carbocycles. The van der Waals surface area contributed by atoms with E-state index in [0.29, 0.717) is 18.3 Å². The van der Waals surface area contributed by atoms with Crippen molar-refractivity contribution in [1.29, 1.82) is 0 Å². The third kappa shape index (κ3) is 3.68. The molecule has 18 heavy (non-hydrogen) atoms. The molecule has 5 nitrogen and oxygen atoms in total. The van der Waals surface area contributed by atoms with Crippen LogP contribution >= 0.6 is 0 Å². The molecule has 6 heteroatoms. The Kier molecular flexibility index (Phi) is 5.10. The summed E-state index contributed by atoms with van der Waals surface area (Å²) in [5.74, 6) is 1.09. The lowest BCUT2D eigenvalue weighted by Crippen LogP contribution is -2.30. The summed E-state index contributed by atoms with van der Waals surface area (Å²) in [6.45, 7) is 6.59. The highest BCUT2D eigenvalue weighted by Gasteiger charge is 2.20. The van der Waals surface area contributed by atoms with Crippen LogP contribution in [0.3, 0.4) is 0 Å². The standard InChI is InChI=1S/C12H21N3O2S/c1-9(2)10(3)8-15-18(16,17)11-6-5-7-14-12(11)13-4/h5-7,9-10,15H,8H2,1-4H3,(H,13,14). The van der Waals surface area contributed by atoms with Gasteiger partial charge < -0.3 is 5.32 Å². The largest absolute Gasteiger partial charge is 0.372 e. The molecule has 1 aromatic heterocycles. The molecule has 0 saturated carbocycles. The third-order valence-corrected chi connectivity index (χ3v) is 4.49. The quantitative estimate of drug-likeness (QED) is 0.826. The first kappa shape index (κ1) is 14.9. The fourth-order valence-corrected chi connectivity index (χ4v) is 2.65. The first-order chi connectivity index (χ1) is 8.38. The van der Waals surface area contributed by atoms with Gasteiger partial charge in [-0.1, -0.05) is 20.8 Å². The van der Waals surface area contributed by atoms with E-state index in [1.54, 1.807) is 25.4 Å². The van der Waals surface area contributed by atoms with Crippen molar-refractivity contribution in [2.45, 2.75) is 25.7 Å². The van der Waals surface area contributed by atoms with Crippen molar-refractivity contribution in [2.75, 3.05) is 18.9 Å². The molecule has 1 atom stereocenters. The second-order valence-electron chi connectivity index (χ2n) is 4.67. The lowest BCUT2D eigenvalue weighted by atomic mass is 9.99. The molecule has 1 unspecified atom stereocenters. The summed E-state index contributed by atoms with van der Waals surface area (Å²) < 4.78 is 26.9. The van der Waals surface area contributed by atoms with Crippen molar-refractivity contribution in [3.63, 3.8) is 0 Å². The van der Waals surface area contributed by atoms with E-state index in [-0.39, 0.29) is 10.8 Å². The van der Waals surface area contributed by atoms with Gasteiger partial charge in [-0.3, -0.25) is 0 Å². The molecule has 0 aliphatic rings. The summed E-state index contributed by atoms with van der Waals surface area (Å²) in [7, 11) is -1.86. The van der Waals surface area contributed by atoms with Crippen LogP contribution in [0.2, 0.25) is 0 Å². The number of pyridine rings is 1. The molecule has 0 fully saturated rings. The molecule has 102 valence electrons. The van der Waals surface area contributed by atoms with Crippen LogP contribution in [-0.4, -0.2) is 27.0 Å². The Morgan fingerprint density at radius 3 is 2.56 bits per heavy atom. The number of hydrogen-bond acceptors (Lipinski definition) is 4. The number of anilines is 1. The Bertz CT molecular complexity index is 486. The molecule has 1 aromatic rings. The van der Waals surface area contributed by atoms with Gasteiger partial charge in [0.05, 0.1) is 0 Å². The van der Waals surface area contributed by atoms with E-state index in [4.69, 9.17) is 0 Å². The Balaban J connectivity index is 2.87. The van der Waals surface area contributed by atoms with Gasteiger partial charge in [-0.05, 0) is 24.0 Å². The number of nitrogens with one attached hydrogen (secondary N) is 2. The maximum absolute atomic E-state index is 12.1. The predicted molar refractivity (Wildman–Crippen MR) is 73.0 cm³/mol. The average molecular weight is 271 g/mol. The van der Waals surface area contributed by atoms with Crippen LogP contribution in [0.1, 0.15) is 20.8 Å². The molecule has 0 radical (unpaired) electrons. The molecule has 0 bridgehead atoms. The van der Waals surface area contributed by atoms with Crippen LogP contribution in [0.25, 0.3) is 0 Å². The van der Waals surface area contributed by atoms with Crippen molar-refractivity contribution >= 4 is 15.8 Å². The van der Waals surface area contributed by atoms with E-state index < -0.39 is 10.0 Å². The smallest absolute Gasteiger partial charge is 0.244 e. The fraction of sp³-hybridized carbons (Fsp3) is 0.583. The van der Waals surface area contributed by atoms with Gasteiger partial charge in [0.25, 0.3) is 0 Å². The van der Waals surface area contributed by atoms with Gasteiger partial charge in [-0.2, -0.15) is 0 Å². The third-order valence-electron chi connectivity index (χ3n) is 3.03. The van der Waals surface area contributed by atoms with E-state index in [1.165, 1.54) is 0 Å². The van der Waals surface area contributed by atoms with Crippen molar-refractivity contribution < 1.29 is 8.42 Å². The van der Waals surface area contributed by atoms with E-state index in [0.717, 1.165) is 0 Å². The molecule has 1 heterocycles. The lowest BCUT2D eigenvalue weighted by Gasteiger charge is -2.16. The topological polar surface area (TPSA) is 71.1 Å². The number of nitrogens with zero attached hydrogens (tertiary/aromatic N) is 1. The minimum atomic E-state index is -3.51. The monoisotopic (exact) mass is 271 g/mol. The molecule has 0 amide bonds. The molecular weight excluding hydrogens is 250 g/mol. The minimum absolute atomic E-state index is 0.184. The minimum Gasteiger partial charge on any atom is -0.372 e. The van der Waals surface area contributed by atoms with Crippen molar-refractivity contribution in [2.24, 2.45) is 11.8 Å². The van der Waals surface area contributed by atoms with Crippen LogP contribution in [0.4, 0.5) is 5.82 Å². The van der Waals surface area contributed by atoms with Crippen molar-refractivity contribution in [3.8, 4) is 0 Å². The predicted octanol–water partition coefficient (Wildman–Crippen LogP) is 1.69. The summed E-state index contributed by atoms with van der Waals surface area (Å²) in [6, 6.07) is 3.16. The first-order valence-corrected chi connectivity index (χ1v) is 7.49. The summed E-state index contributed by atoms with van der Waals surface area (Å²) in [5.41, 5.74) is 0. The Hall–Kier alpha value is -1.14. The highest BCUT2D eigenvalue weighted by molar-refractivity contribution is 7.89. The van der Waals surface area contributed by atoms with Gasteiger partial charge >= 0.3 is 0 Å². The van der Waals surface area contributed by atoms with Crippen molar-refractivity contribution in [1.82, 2.24) is 9.71 Å². The second-order valence-corrected chi connectivity index (χ2v) is 6.41. The van der Waals surface area contributed by atoms with E-state index in [2.05, 4.69) is 28.9 Å². The van der Waals surface area contributed by atoms with Crippen LogP contribution in [0, 0.1) is 11.8 Å². The maximum atomic E-state index is 12.1. The molecule has 0 aliphatic carbocycles. The van der Waals surface area contributed by atoms with Gasteiger partial charge in [0.1, 0.15) is 10.7 Å². The van der Waals surface area contributed by atoms with Crippen LogP contribution in [0.15, 0.2) is 23.2 Å². The molecule has 0 saturated heterocycles. The molecule has 1 rings (SSSR count). The zero-order chi connectivity index (χ0) is 13.8. The van der Waals surface area contributed by atoms with Gasteiger partial charge in [0, 0.05) is 19.8 Å². The summed E-state index contributed by atoms with van der Waals surface area (Å²) in [5, 5.41) is 2.78. The van der Waals surface area contributed by atoms with Crippen molar-refractivity contribution in [3.05, 3.63) is 18.3 Å². The Morgan fingerprint density at radius 2 is 2.00 bits per heavy atom. The zero-order valence-electron chi connectivity index (χ0n) is 11.3. The molecule has 0 spiro atoms. The van der Waals surface area contributed by atoms with Crippen LogP contribution in [-0.2, 0) is 10.0 Å². The lowest BCUT2D eigenvalue weighted by molar-refractivity contribution is 0.414.